The Morgan fingerprint density at radius 1 is 1.14 bits per heavy atom. The van der Waals surface area contributed by atoms with E-state index in [1.54, 1.807) is 31.4 Å². The van der Waals surface area contributed by atoms with Crippen LogP contribution in [0.4, 0.5) is 0 Å². The van der Waals surface area contributed by atoms with Crippen molar-refractivity contribution in [1.29, 1.82) is 0 Å². The van der Waals surface area contributed by atoms with E-state index in [0.717, 1.165) is 11.6 Å². The van der Waals surface area contributed by atoms with E-state index < -0.39 is 16.0 Å². The lowest BCUT2D eigenvalue weighted by molar-refractivity contribution is 0.0594. The van der Waals surface area contributed by atoms with Crippen molar-refractivity contribution < 1.29 is 27.1 Å². The Morgan fingerprint density at radius 3 is 2.66 bits per heavy atom. The van der Waals surface area contributed by atoms with Gasteiger partial charge in [-0.2, -0.15) is 4.31 Å². The van der Waals surface area contributed by atoms with Crippen LogP contribution in [0.1, 0.15) is 22.8 Å². The number of oxazole rings is 1. The van der Waals surface area contributed by atoms with E-state index in [-0.39, 0.29) is 29.6 Å². The zero-order valence-electron chi connectivity index (χ0n) is 16.2. The molecular weight excluding hydrogens is 396 g/mol. The number of ether oxygens (including phenoxy) is 2. The van der Waals surface area contributed by atoms with E-state index in [1.807, 2.05) is 18.2 Å². The van der Waals surface area contributed by atoms with Gasteiger partial charge in [0.15, 0.2) is 5.69 Å². The number of hydrogen-bond donors (Lipinski definition) is 0. The molecule has 154 valence electrons. The van der Waals surface area contributed by atoms with Gasteiger partial charge in [0, 0.05) is 25.6 Å². The predicted molar refractivity (Wildman–Crippen MR) is 106 cm³/mol. The summed E-state index contributed by atoms with van der Waals surface area (Å²) in [7, 11) is -1.07. The first-order valence-electron chi connectivity index (χ1n) is 8.97. The number of carbonyl (C=O) groups excluding carboxylic acids is 1. The summed E-state index contributed by atoms with van der Waals surface area (Å²) in [6.45, 7) is 0.488. The van der Waals surface area contributed by atoms with Crippen molar-refractivity contribution in [2.24, 2.45) is 0 Å². The van der Waals surface area contributed by atoms with Crippen LogP contribution in [0.2, 0.25) is 0 Å². The maximum Gasteiger partial charge on any atom is 0.360 e. The molecule has 1 aromatic heterocycles. The standard InChI is InChI=1S/C20H22N2O6S/c1-26-12-6-11-22(13-19-21-17(14-28-19)20(23)27-2)29(24,25)18-10-5-8-15-7-3-4-9-16(15)18/h3-5,7-10,14H,6,11-13H2,1-2H3. The Balaban J connectivity index is 1.96. The maximum absolute atomic E-state index is 13.5. The Labute approximate surface area is 169 Å². The summed E-state index contributed by atoms with van der Waals surface area (Å²) in [6.07, 6.45) is 1.64. The second-order valence-corrected chi connectivity index (χ2v) is 8.19. The van der Waals surface area contributed by atoms with Crippen LogP contribution in [0.25, 0.3) is 10.8 Å². The highest BCUT2D eigenvalue weighted by Crippen LogP contribution is 2.27. The number of nitrogens with zero attached hydrogens (tertiary/aromatic N) is 2. The van der Waals surface area contributed by atoms with Crippen LogP contribution in [0.5, 0.6) is 0 Å². The lowest BCUT2D eigenvalue weighted by Crippen LogP contribution is -2.32. The van der Waals surface area contributed by atoms with Crippen LogP contribution >= 0.6 is 0 Å². The molecule has 0 unspecified atom stereocenters. The van der Waals surface area contributed by atoms with E-state index >= 15 is 0 Å². The number of rotatable bonds is 9. The van der Waals surface area contributed by atoms with Gasteiger partial charge in [-0.3, -0.25) is 0 Å². The number of carbonyl (C=O) groups is 1. The SMILES string of the molecule is COCCCN(Cc1nc(C(=O)OC)co1)S(=O)(=O)c1cccc2ccccc12. The van der Waals surface area contributed by atoms with Crippen molar-refractivity contribution in [2.45, 2.75) is 17.9 Å². The maximum atomic E-state index is 13.5. The fourth-order valence-electron chi connectivity index (χ4n) is 2.96. The molecule has 0 saturated heterocycles. The van der Waals surface area contributed by atoms with Gasteiger partial charge in [-0.25, -0.2) is 18.2 Å². The Bertz CT molecular complexity index is 1090. The van der Waals surface area contributed by atoms with Crippen molar-refractivity contribution in [3.8, 4) is 0 Å². The molecule has 0 N–H and O–H groups in total. The molecule has 0 aliphatic heterocycles. The first-order chi connectivity index (χ1) is 14.0. The second-order valence-electron chi connectivity index (χ2n) is 6.28. The van der Waals surface area contributed by atoms with Gasteiger partial charge in [0.25, 0.3) is 0 Å². The van der Waals surface area contributed by atoms with Crippen LogP contribution in [0, 0.1) is 0 Å². The van der Waals surface area contributed by atoms with Crippen LogP contribution in [-0.4, -0.2) is 51.0 Å². The fraction of sp³-hybridized carbons (Fsp3) is 0.300. The third-order valence-corrected chi connectivity index (χ3v) is 6.28. The van der Waals surface area contributed by atoms with Crippen molar-refractivity contribution >= 4 is 26.8 Å². The van der Waals surface area contributed by atoms with Crippen LogP contribution in [0.3, 0.4) is 0 Å². The lowest BCUT2D eigenvalue weighted by Gasteiger charge is -2.21. The Hall–Kier alpha value is -2.75. The minimum atomic E-state index is -3.86. The molecule has 0 amide bonds. The molecule has 0 aliphatic rings. The summed E-state index contributed by atoms with van der Waals surface area (Å²) in [6, 6.07) is 12.4. The number of fused-ring (bicyclic) bond motifs is 1. The zero-order chi connectivity index (χ0) is 20.9. The fourth-order valence-corrected chi connectivity index (χ4v) is 4.60. The molecular formula is C20H22N2O6S. The largest absolute Gasteiger partial charge is 0.464 e. The molecule has 29 heavy (non-hydrogen) atoms. The normalized spacial score (nSPS) is 11.8. The minimum Gasteiger partial charge on any atom is -0.464 e. The van der Waals surface area contributed by atoms with Gasteiger partial charge in [-0.15, -0.1) is 0 Å². The van der Waals surface area contributed by atoms with Crippen LogP contribution < -0.4 is 0 Å². The number of methoxy groups -OCH3 is 2. The quantitative estimate of drug-likeness (QED) is 0.389. The molecule has 0 bridgehead atoms. The van der Waals surface area contributed by atoms with E-state index in [2.05, 4.69) is 9.72 Å². The average molecular weight is 418 g/mol. The summed E-state index contributed by atoms with van der Waals surface area (Å²) in [5.41, 5.74) is -0.0121. The molecule has 0 atom stereocenters. The first-order valence-corrected chi connectivity index (χ1v) is 10.4. The molecule has 8 nitrogen and oxygen atoms in total. The van der Waals surface area contributed by atoms with Crippen LogP contribution in [0.15, 0.2) is 58.0 Å². The van der Waals surface area contributed by atoms with Gasteiger partial charge in [0.05, 0.1) is 18.6 Å². The number of hydrogen-bond acceptors (Lipinski definition) is 7. The highest BCUT2D eigenvalue weighted by molar-refractivity contribution is 7.89. The molecule has 0 saturated carbocycles. The third kappa shape index (κ3) is 4.64. The molecule has 2 aromatic carbocycles. The molecule has 1 heterocycles. The monoisotopic (exact) mass is 418 g/mol. The molecule has 3 aromatic rings. The van der Waals surface area contributed by atoms with E-state index in [9.17, 15) is 13.2 Å². The Kier molecular flexibility index (Phi) is 6.63. The predicted octanol–water partition coefficient (Wildman–Crippen LogP) is 2.84. The minimum absolute atomic E-state index is 0.0121. The number of benzene rings is 2. The van der Waals surface area contributed by atoms with Crippen molar-refractivity contribution in [2.75, 3.05) is 27.4 Å². The van der Waals surface area contributed by atoms with Crippen molar-refractivity contribution in [1.82, 2.24) is 9.29 Å². The van der Waals surface area contributed by atoms with E-state index in [0.29, 0.717) is 18.4 Å². The highest BCUT2D eigenvalue weighted by atomic mass is 32.2. The topological polar surface area (TPSA) is 98.9 Å². The lowest BCUT2D eigenvalue weighted by atomic mass is 10.1. The summed E-state index contributed by atoms with van der Waals surface area (Å²) in [4.78, 5) is 15.8. The smallest absolute Gasteiger partial charge is 0.360 e. The molecule has 9 heteroatoms. The van der Waals surface area contributed by atoms with Crippen molar-refractivity contribution in [3.63, 3.8) is 0 Å². The Morgan fingerprint density at radius 2 is 1.90 bits per heavy atom. The van der Waals surface area contributed by atoms with Gasteiger partial charge in [-0.05, 0) is 17.9 Å². The summed E-state index contributed by atoms with van der Waals surface area (Å²) < 4.78 is 43.2. The number of sulfonamides is 1. The van der Waals surface area contributed by atoms with E-state index in [1.165, 1.54) is 11.4 Å². The van der Waals surface area contributed by atoms with Gasteiger partial charge >= 0.3 is 5.97 Å². The second kappa shape index (κ2) is 9.17. The van der Waals surface area contributed by atoms with Gasteiger partial charge in [0.2, 0.25) is 15.9 Å². The summed E-state index contributed by atoms with van der Waals surface area (Å²) in [5, 5.41) is 1.46. The summed E-state index contributed by atoms with van der Waals surface area (Å²) >= 11 is 0. The van der Waals surface area contributed by atoms with Crippen LogP contribution in [-0.2, 0) is 26.0 Å². The first kappa shape index (κ1) is 21.0. The average Bonchev–Trinajstić information content (AvgIpc) is 3.20. The molecule has 3 rings (SSSR count). The third-order valence-electron chi connectivity index (χ3n) is 4.38. The van der Waals surface area contributed by atoms with Gasteiger partial charge < -0.3 is 13.9 Å². The molecule has 0 radical (unpaired) electrons. The molecule has 0 spiro atoms. The zero-order valence-corrected chi connectivity index (χ0v) is 17.0. The highest BCUT2D eigenvalue weighted by Gasteiger charge is 2.28. The van der Waals surface area contributed by atoms with E-state index in [4.69, 9.17) is 9.15 Å². The number of esters is 1. The molecule has 0 fully saturated rings. The number of aromatic nitrogens is 1. The molecule has 0 aliphatic carbocycles. The van der Waals surface area contributed by atoms with Gasteiger partial charge in [-0.1, -0.05) is 36.4 Å². The van der Waals surface area contributed by atoms with Crippen molar-refractivity contribution in [3.05, 3.63) is 60.3 Å². The van der Waals surface area contributed by atoms with Gasteiger partial charge in [0.1, 0.15) is 6.26 Å². The summed E-state index contributed by atoms with van der Waals surface area (Å²) in [5.74, 6) is -0.547.